The first-order chi connectivity index (χ1) is 17.0. The van der Waals surface area contributed by atoms with Crippen LogP contribution >= 0.6 is 0 Å². The highest BCUT2D eigenvalue weighted by Gasteiger charge is 2.47. The van der Waals surface area contributed by atoms with Gasteiger partial charge in [-0.05, 0) is 28.2 Å². The second-order valence-electron chi connectivity index (χ2n) is 17.1. The van der Waals surface area contributed by atoms with Crippen LogP contribution in [0.15, 0.2) is 24.3 Å². The van der Waals surface area contributed by atoms with Crippen LogP contribution in [0.1, 0.15) is 13.8 Å². The van der Waals surface area contributed by atoms with E-state index in [0.29, 0.717) is 0 Å². The maximum atomic E-state index is 2.63. The third-order valence-corrected chi connectivity index (χ3v) is 41.2. The Hall–Kier alpha value is 1.33. The van der Waals surface area contributed by atoms with Gasteiger partial charge in [-0.1, -0.05) is 121 Å². The topological polar surface area (TPSA) is 6.48 Å². The Morgan fingerprint density at radius 2 is 0.632 bits per heavy atom. The fourth-order valence-electron chi connectivity index (χ4n) is 6.64. The van der Waals surface area contributed by atoms with Gasteiger partial charge in [0.25, 0.3) is 28.3 Å². The molecule has 0 fully saturated rings. The summed E-state index contributed by atoms with van der Waals surface area (Å²) < 4.78 is 4.27. The van der Waals surface area contributed by atoms with Crippen molar-refractivity contribution in [2.75, 3.05) is 41.3 Å². The molecule has 2 aliphatic heterocycles. The van der Waals surface area contributed by atoms with Crippen molar-refractivity contribution in [3.8, 4) is 0 Å². The third-order valence-electron chi connectivity index (χ3n) is 8.83. The zero-order chi connectivity index (χ0) is 30.3. The van der Waals surface area contributed by atoms with E-state index in [-0.39, 0.29) is 0 Å². The van der Waals surface area contributed by atoms with Gasteiger partial charge in [-0.25, -0.2) is 0 Å². The van der Waals surface area contributed by atoms with Crippen LogP contribution in [0.3, 0.4) is 0 Å². The standard InChI is InChI=1S/2C10H22Si2.C6H16N2.2C2H5.2Al/c2*1-11(2,3)9-7-8-10-12(4,5)6;1-7(2)5-6-8(3)4;2*1-2;;/h2*7-10H,1-6H3;5-6H2,1-4H3;2*1H2,2H3;;. The second kappa shape index (κ2) is 16.3. The van der Waals surface area contributed by atoms with Crippen LogP contribution in [0.4, 0.5) is 0 Å². The van der Waals surface area contributed by atoms with Gasteiger partial charge in [-0.2, -0.15) is 0 Å². The molecule has 222 valence electrons. The summed E-state index contributed by atoms with van der Waals surface area (Å²) in [7, 11) is 4.62. The van der Waals surface area contributed by atoms with Crippen molar-refractivity contribution in [3.05, 3.63) is 24.3 Å². The number of hydrogen-bond donors (Lipinski definition) is 0. The number of hydrogen-bond acceptors (Lipinski definition) is 2. The fourth-order valence-corrected chi connectivity index (χ4v) is 41.0. The SMILES string of the molecule is CN(C)CCN(C)C.C[CH2][Al]1[CH]([Si](C)(C)C)C=C[CH]1[Si](C)(C)C.C[CH2][Al]1[CH]([Si](C)(C)C)C=C[CH]1[Si](C)(C)C. The molecule has 38 heavy (non-hydrogen) atoms. The van der Waals surface area contributed by atoms with Crippen LogP contribution < -0.4 is 0 Å². The van der Waals surface area contributed by atoms with Gasteiger partial charge in [-0.15, -0.1) is 24.3 Å². The Labute approximate surface area is 254 Å². The van der Waals surface area contributed by atoms with Crippen molar-refractivity contribution in [1.82, 2.24) is 9.80 Å². The molecule has 8 heteroatoms. The Bertz CT molecular complexity index is 618. The zero-order valence-electron chi connectivity index (χ0n) is 29.5. The summed E-state index contributed by atoms with van der Waals surface area (Å²) in [6.07, 6.45) is 10.5. The maximum Gasteiger partial charge on any atom is 0.272 e. The van der Waals surface area contributed by atoms with Crippen LogP contribution in [0.5, 0.6) is 0 Å². The van der Waals surface area contributed by atoms with E-state index >= 15 is 0 Å². The molecule has 2 aliphatic rings. The predicted octanol–water partition coefficient (Wildman–Crippen LogP) is 9.24. The Balaban J connectivity index is 0.000000569. The lowest BCUT2D eigenvalue weighted by molar-refractivity contribution is 0.320. The van der Waals surface area contributed by atoms with Crippen molar-refractivity contribution in [1.29, 1.82) is 0 Å². The molecule has 4 unspecified atom stereocenters. The van der Waals surface area contributed by atoms with Gasteiger partial charge in [0.15, 0.2) is 0 Å². The first kappa shape index (κ1) is 39.3. The van der Waals surface area contributed by atoms with Crippen molar-refractivity contribution in [3.63, 3.8) is 0 Å². The first-order valence-corrected chi connectivity index (χ1v) is 34.2. The predicted molar refractivity (Wildman–Crippen MR) is 196 cm³/mol. The monoisotopic (exact) mass is 624 g/mol. The number of likely N-dealkylation sites (N-methyl/N-ethyl adjacent to an activating group) is 2. The summed E-state index contributed by atoms with van der Waals surface area (Å²) in [5, 5.41) is 3.02. The third kappa shape index (κ3) is 13.5. The van der Waals surface area contributed by atoms with E-state index in [2.05, 4.69) is 155 Å². The smallest absolute Gasteiger partial charge is 0.272 e. The van der Waals surface area contributed by atoms with Crippen LogP contribution in [0, 0.1) is 0 Å². The highest BCUT2D eigenvalue weighted by molar-refractivity contribution is 7.00. The van der Waals surface area contributed by atoms with Gasteiger partial charge in [-0.3, -0.25) is 0 Å². The van der Waals surface area contributed by atoms with Gasteiger partial charge in [0.05, 0.1) is 0 Å². The molecule has 0 radical (unpaired) electrons. The quantitative estimate of drug-likeness (QED) is 0.186. The van der Waals surface area contributed by atoms with Crippen molar-refractivity contribution < 1.29 is 0 Å². The van der Waals surface area contributed by atoms with E-state index in [1.54, 1.807) is 0 Å². The van der Waals surface area contributed by atoms with E-state index in [1.807, 2.05) is 0 Å². The minimum Gasteiger partial charge on any atom is -0.308 e. The summed E-state index contributed by atoms with van der Waals surface area (Å²) in [5.74, 6) is 0. The molecule has 0 bridgehead atoms. The molecule has 4 atom stereocenters. The van der Waals surface area contributed by atoms with E-state index in [4.69, 9.17) is 0 Å². The minimum absolute atomic E-state index is 0.528. The average molecular weight is 625 g/mol. The molecule has 0 amide bonds. The molecule has 0 saturated carbocycles. The molecule has 2 nitrogen and oxygen atoms in total. The maximum absolute atomic E-state index is 2.63. The van der Waals surface area contributed by atoms with Crippen molar-refractivity contribution in [2.45, 2.75) is 121 Å². The van der Waals surface area contributed by atoms with E-state index in [9.17, 15) is 0 Å². The lowest BCUT2D eigenvalue weighted by Gasteiger charge is -2.33. The van der Waals surface area contributed by atoms with Gasteiger partial charge < -0.3 is 9.80 Å². The summed E-state index contributed by atoms with van der Waals surface area (Å²) >= 11 is -1.06. The molecule has 0 saturated heterocycles. The fraction of sp³-hybridized carbons (Fsp3) is 0.867. The molecule has 0 N–H and O–H groups in total. The lowest BCUT2D eigenvalue weighted by Crippen LogP contribution is -2.43. The summed E-state index contributed by atoms with van der Waals surface area (Å²) in [6.45, 7) is 37.9. The number of rotatable bonds is 9. The number of nitrogens with zero attached hydrogens (tertiary/aromatic N) is 2. The van der Waals surface area contributed by atoms with E-state index in [1.165, 1.54) is 10.6 Å². The van der Waals surface area contributed by atoms with E-state index < -0.39 is 60.6 Å². The Morgan fingerprint density at radius 1 is 0.447 bits per heavy atom. The van der Waals surface area contributed by atoms with Gasteiger partial charge in [0.1, 0.15) is 0 Å². The lowest BCUT2D eigenvalue weighted by atomic mass is 10.5. The highest BCUT2D eigenvalue weighted by atomic mass is 28.3. The van der Waals surface area contributed by atoms with Crippen LogP contribution in [0.25, 0.3) is 0 Å². The zero-order valence-corrected chi connectivity index (χ0v) is 35.8. The van der Waals surface area contributed by atoms with Crippen LogP contribution in [0.2, 0.25) is 107 Å². The minimum atomic E-state index is -0.932. The van der Waals surface area contributed by atoms with Gasteiger partial charge in [0.2, 0.25) is 0 Å². The summed E-state index contributed by atoms with van der Waals surface area (Å²) in [4.78, 5) is 4.36. The molecular weight excluding hydrogens is 555 g/mol. The molecule has 0 aromatic heterocycles. The van der Waals surface area contributed by atoms with Crippen molar-refractivity contribution >= 4 is 60.6 Å². The van der Waals surface area contributed by atoms with E-state index in [0.717, 1.165) is 30.7 Å². The van der Waals surface area contributed by atoms with Crippen molar-refractivity contribution in [2.24, 2.45) is 0 Å². The van der Waals surface area contributed by atoms with Crippen LogP contribution in [-0.4, -0.2) is 112 Å². The number of allylic oxidation sites excluding steroid dienone is 4. The first-order valence-electron chi connectivity index (χ1n) is 15.6. The molecular formula is C30H70Al2N2Si4. The molecule has 0 aliphatic carbocycles. The largest absolute Gasteiger partial charge is 0.308 e. The molecule has 0 aromatic carbocycles. The molecule has 0 spiro atoms. The Morgan fingerprint density at radius 3 is 0.737 bits per heavy atom. The molecule has 2 rings (SSSR count). The second-order valence-corrected chi connectivity index (χ2v) is 48.5. The average Bonchev–Trinajstić information content (AvgIpc) is 3.36. The summed E-state index contributed by atoms with van der Waals surface area (Å²) in [6, 6.07) is 0. The molecule has 2 heterocycles. The molecule has 0 aromatic rings. The van der Waals surface area contributed by atoms with Crippen LogP contribution in [-0.2, 0) is 0 Å². The Kier molecular flexibility index (Phi) is 16.8. The normalized spacial score (nSPS) is 24.1. The highest BCUT2D eigenvalue weighted by Crippen LogP contribution is 2.45. The van der Waals surface area contributed by atoms with Gasteiger partial charge >= 0.3 is 0 Å². The summed E-state index contributed by atoms with van der Waals surface area (Å²) in [5.41, 5.74) is 0. The van der Waals surface area contributed by atoms with Gasteiger partial charge in [0, 0.05) is 45.4 Å².